The molecule has 0 aliphatic heterocycles. The van der Waals surface area contributed by atoms with E-state index < -0.39 is 12.0 Å². The van der Waals surface area contributed by atoms with Gasteiger partial charge in [-0.25, -0.2) is 0 Å². The van der Waals surface area contributed by atoms with E-state index in [4.69, 9.17) is 10.8 Å². The lowest BCUT2D eigenvalue weighted by molar-refractivity contribution is -0.134. The third-order valence-corrected chi connectivity index (χ3v) is 2.34. The molecule has 0 spiro atoms. The van der Waals surface area contributed by atoms with E-state index in [1.165, 1.54) is 0 Å². The number of carboxylic acids is 1. The summed E-state index contributed by atoms with van der Waals surface area (Å²) >= 11 is 0.771. The Hall–Kier alpha value is -0.550. The van der Waals surface area contributed by atoms with Crippen LogP contribution < -0.4 is 5.73 Å². The van der Waals surface area contributed by atoms with Crippen molar-refractivity contribution >= 4 is 22.8 Å². The maximum atomic E-state index is 11.2. The quantitative estimate of drug-likeness (QED) is 0.690. The first-order valence-electron chi connectivity index (χ1n) is 4.07. The van der Waals surface area contributed by atoms with Crippen molar-refractivity contribution in [2.24, 2.45) is 11.7 Å². The Morgan fingerprint density at radius 3 is 2.38 bits per heavy atom. The summed E-state index contributed by atoms with van der Waals surface area (Å²) in [6, 6.07) is -0.538. The van der Waals surface area contributed by atoms with Crippen LogP contribution in [0, 0.1) is 5.92 Å². The fraction of sp³-hybridized carbons (Fsp3) is 0.750. The molecule has 1 atom stereocenters. The lowest BCUT2D eigenvalue weighted by Crippen LogP contribution is -2.30. The van der Waals surface area contributed by atoms with Gasteiger partial charge >= 0.3 is 5.97 Å². The summed E-state index contributed by atoms with van der Waals surface area (Å²) in [4.78, 5) is 21.3. The number of carbonyl (C=O) groups is 2. The number of carbonyl (C=O) groups excluding carboxylic acids is 1. The molecule has 0 unspecified atom stereocenters. The second-order valence-electron chi connectivity index (χ2n) is 3.24. The Kier molecular flexibility index (Phi) is 5.73. The highest BCUT2D eigenvalue weighted by molar-refractivity contribution is 8.14. The second-order valence-corrected chi connectivity index (χ2v) is 4.22. The van der Waals surface area contributed by atoms with Gasteiger partial charge in [0.25, 0.3) is 0 Å². The minimum atomic E-state index is -0.991. The molecule has 76 valence electrons. The number of nitrogens with two attached hydrogens (primary N) is 1. The Morgan fingerprint density at radius 2 is 2.00 bits per heavy atom. The van der Waals surface area contributed by atoms with Crippen LogP contribution in [0.1, 0.15) is 20.3 Å². The van der Waals surface area contributed by atoms with Gasteiger partial charge in [0.05, 0.1) is 11.8 Å². The van der Waals surface area contributed by atoms with Crippen molar-refractivity contribution < 1.29 is 14.7 Å². The molecule has 4 nitrogen and oxygen atoms in total. The Morgan fingerprint density at radius 1 is 1.46 bits per heavy atom. The van der Waals surface area contributed by atoms with E-state index in [9.17, 15) is 9.59 Å². The molecule has 0 radical (unpaired) electrons. The molecule has 0 aliphatic rings. The van der Waals surface area contributed by atoms with Crippen molar-refractivity contribution in [3.8, 4) is 0 Å². The van der Waals surface area contributed by atoms with Crippen molar-refractivity contribution in [2.75, 3.05) is 5.75 Å². The van der Waals surface area contributed by atoms with Gasteiger partial charge in [-0.2, -0.15) is 0 Å². The smallest absolute Gasteiger partial charge is 0.313 e. The molecular weight excluding hydrogens is 190 g/mol. The van der Waals surface area contributed by atoms with Crippen molar-refractivity contribution in [1.82, 2.24) is 0 Å². The molecule has 0 saturated heterocycles. The SMILES string of the molecule is CC(C)C[C@H](N)C(=O)SCC(=O)O. The lowest BCUT2D eigenvalue weighted by Gasteiger charge is -2.11. The summed E-state index contributed by atoms with van der Waals surface area (Å²) < 4.78 is 0. The van der Waals surface area contributed by atoms with E-state index >= 15 is 0 Å². The average molecular weight is 205 g/mol. The van der Waals surface area contributed by atoms with E-state index in [2.05, 4.69) is 0 Å². The van der Waals surface area contributed by atoms with Gasteiger partial charge in [-0.3, -0.25) is 9.59 Å². The van der Waals surface area contributed by atoms with Crippen molar-refractivity contribution in [3.63, 3.8) is 0 Å². The average Bonchev–Trinajstić information content (AvgIpc) is 1.98. The van der Waals surface area contributed by atoms with E-state index in [-0.39, 0.29) is 10.9 Å². The third kappa shape index (κ3) is 6.60. The molecule has 0 fully saturated rings. The monoisotopic (exact) mass is 205 g/mol. The Labute approximate surface area is 81.9 Å². The molecule has 13 heavy (non-hydrogen) atoms. The molecule has 0 amide bonds. The van der Waals surface area contributed by atoms with Gasteiger partial charge < -0.3 is 10.8 Å². The topological polar surface area (TPSA) is 80.4 Å². The first kappa shape index (κ1) is 12.4. The number of carboxylic acid groups (broad SMARTS) is 1. The van der Waals surface area contributed by atoms with E-state index in [0.29, 0.717) is 12.3 Å². The Balaban J connectivity index is 3.76. The minimum absolute atomic E-state index is 0.204. The second kappa shape index (κ2) is 5.99. The minimum Gasteiger partial charge on any atom is -0.481 e. The normalized spacial score (nSPS) is 12.9. The first-order valence-corrected chi connectivity index (χ1v) is 5.06. The largest absolute Gasteiger partial charge is 0.481 e. The number of thioether (sulfide) groups is 1. The molecule has 0 saturated carbocycles. The van der Waals surface area contributed by atoms with Gasteiger partial charge in [0, 0.05) is 0 Å². The molecule has 0 aliphatic carbocycles. The highest BCUT2D eigenvalue weighted by Gasteiger charge is 2.16. The Bertz CT molecular complexity index is 194. The molecular formula is C8H15NO3S. The molecule has 0 bridgehead atoms. The van der Waals surface area contributed by atoms with Crippen LogP contribution in [0.15, 0.2) is 0 Å². The fourth-order valence-corrected chi connectivity index (χ4v) is 1.42. The molecule has 0 heterocycles. The van der Waals surface area contributed by atoms with Crippen molar-refractivity contribution in [1.29, 1.82) is 0 Å². The van der Waals surface area contributed by atoms with Crippen LogP contribution in [0.2, 0.25) is 0 Å². The van der Waals surface area contributed by atoms with Crippen LogP contribution in [0.5, 0.6) is 0 Å². The highest BCUT2D eigenvalue weighted by Crippen LogP contribution is 2.10. The summed E-state index contributed by atoms with van der Waals surface area (Å²) in [7, 11) is 0. The van der Waals surface area contributed by atoms with E-state index in [1.807, 2.05) is 13.8 Å². The number of hydrogen-bond donors (Lipinski definition) is 2. The zero-order chi connectivity index (χ0) is 10.4. The molecule has 3 N–H and O–H groups in total. The van der Waals surface area contributed by atoms with Crippen LogP contribution in [-0.4, -0.2) is 28.0 Å². The maximum Gasteiger partial charge on any atom is 0.313 e. The van der Waals surface area contributed by atoms with Gasteiger partial charge in [0.1, 0.15) is 0 Å². The fourth-order valence-electron chi connectivity index (χ4n) is 0.844. The molecule has 0 rings (SSSR count). The zero-order valence-electron chi connectivity index (χ0n) is 7.82. The number of aliphatic carboxylic acids is 1. The van der Waals surface area contributed by atoms with Gasteiger partial charge in [-0.1, -0.05) is 25.6 Å². The maximum absolute atomic E-state index is 11.2. The summed E-state index contributed by atoms with van der Waals surface area (Å²) in [5, 5.41) is 8.07. The standard InChI is InChI=1S/C8H15NO3S/c1-5(2)3-6(9)8(12)13-4-7(10)11/h5-6H,3-4,9H2,1-2H3,(H,10,11)/t6-/m0/s1. The first-order chi connectivity index (χ1) is 5.93. The third-order valence-electron chi connectivity index (χ3n) is 1.37. The summed E-state index contributed by atoms with van der Waals surface area (Å²) in [6.45, 7) is 3.93. The molecule has 5 heteroatoms. The lowest BCUT2D eigenvalue weighted by atomic mass is 10.1. The van der Waals surface area contributed by atoms with Gasteiger partial charge in [0.2, 0.25) is 5.12 Å². The van der Waals surface area contributed by atoms with Crippen LogP contribution in [-0.2, 0) is 9.59 Å². The van der Waals surface area contributed by atoms with Crippen molar-refractivity contribution in [3.05, 3.63) is 0 Å². The predicted molar refractivity (Wildman–Crippen MR) is 52.5 cm³/mol. The van der Waals surface area contributed by atoms with Crippen LogP contribution in [0.25, 0.3) is 0 Å². The summed E-state index contributed by atoms with van der Waals surface area (Å²) in [5.74, 6) is -0.843. The predicted octanol–water partition coefficient (Wildman–Crippen LogP) is 0.704. The van der Waals surface area contributed by atoms with Crippen LogP contribution >= 0.6 is 11.8 Å². The van der Waals surface area contributed by atoms with E-state index in [0.717, 1.165) is 11.8 Å². The molecule has 0 aromatic carbocycles. The summed E-state index contributed by atoms with van der Waals surface area (Å²) in [5.41, 5.74) is 5.54. The van der Waals surface area contributed by atoms with Gasteiger partial charge in [-0.15, -0.1) is 0 Å². The molecule has 0 aromatic heterocycles. The number of rotatable bonds is 5. The van der Waals surface area contributed by atoms with Crippen LogP contribution in [0.4, 0.5) is 0 Å². The number of hydrogen-bond acceptors (Lipinski definition) is 4. The van der Waals surface area contributed by atoms with Crippen molar-refractivity contribution in [2.45, 2.75) is 26.3 Å². The highest BCUT2D eigenvalue weighted by atomic mass is 32.2. The van der Waals surface area contributed by atoms with Gasteiger partial charge in [0.15, 0.2) is 0 Å². The zero-order valence-corrected chi connectivity index (χ0v) is 8.63. The molecule has 0 aromatic rings. The van der Waals surface area contributed by atoms with Gasteiger partial charge in [-0.05, 0) is 12.3 Å². The summed E-state index contributed by atoms with van der Waals surface area (Å²) in [6.07, 6.45) is 0.603. The van der Waals surface area contributed by atoms with Crippen LogP contribution in [0.3, 0.4) is 0 Å². The van der Waals surface area contributed by atoms with E-state index in [1.54, 1.807) is 0 Å².